The van der Waals surface area contributed by atoms with Crippen LogP contribution in [0.3, 0.4) is 0 Å². The Morgan fingerprint density at radius 1 is 0.393 bits per heavy atom. The molecule has 310 valence electrons. The van der Waals surface area contributed by atoms with Gasteiger partial charge in [-0.1, -0.05) is 98.5 Å². The second-order valence-electron chi connectivity index (χ2n) is 15.0. The highest BCUT2D eigenvalue weighted by Crippen LogP contribution is 2.45. The van der Waals surface area contributed by atoms with Crippen molar-refractivity contribution >= 4 is 15.5 Å². The molecule has 0 radical (unpaired) electrons. The minimum atomic E-state index is -3.63. The number of benzene rings is 4. The van der Waals surface area contributed by atoms with Crippen LogP contribution in [0.1, 0.15) is 51.4 Å². The van der Waals surface area contributed by atoms with Gasteiger partial charge in [-0.05, 0) is 74.2 Å². The van der Waals surface area contributed by atoms with E-state index in [1.165, 1.54) is 38.5 Å². The van der Waals surface area contributed by atoms with Gasteiger partial charge in [-0.3, -0.25) is 0 Å². The summed E-state index contributed by atoms with van der Waals surface area (Å²) in [6.45, 7) is 4.71. The van der Waals surface area contributed by atoms with Crippen LogP contribution in [-0.4, -0.2) is 76.4 Å². The Morgan fingerprint density at radius 2 is 0.625 bits per heavy atom. The third kappa shape index (κ3) is 20.2. The van der Waals surface area contributed by atoms with E-state index in [0.717, 1.165) is 48.0 Å². The van der Waals surface area contributed by atoms with E-state index in [-0.39, 0.29) is 34.0 Å². The molecule has 0 saturated heterocycles. The van der Waals surface area contributed by atoms with Gasteiger partial charge < -0.3 is 61.0 Å². The van der Waals surface area contributed by atoms with Crippen molar-refractivity contribution in [3.8, 4) is 23.0 Å². The van der Waals surface area contributed by atoms with E-state index in [1.807, 2.05) is 72.8 Å². The topological polar surface area (TPSA) is 95.1 Å². The molecule has 4 aromatic carbocycles. The highest BCUT2D eigenvalue weighted by molar-refractivity contribution is 7.52. The monoisotopic (exact) mass is 938 g/mol. The van der Waals surface area contributed by atoms with E-state index >= 15 is 0 Å². The SMILES string of the molecule is C[N+](C)(CCCCCCCCCC[N+](C)(C)CCNP(=O)(Oc1ccccc1)Oc1ccccc1)CCNP(=O)(Oc1ccccc1)Oc1ccccc1.[Br-].[Br-]. The Kier molecular flexibility index (Phi) is 22.7. The first-order chi connectivity index (χ1) is 25.9. The van der Waals surface area contributed by atoms with E-state index in [4.69, 9.17) is 18.1 Å². The van der Waals surface area contributed by atoms with Crippen LogP contribution in [0, 0.1) is 0 Å². The second kappa shape index (κ2) is 25.6. The third-order valence-electron chi connectivity index (χ3n) is 9.20. The molecule has 0 unspecified atom stereocenters. The Bertz CT molecular complexity index is 1490. The summed E-state index contributed by atoms with van der Waals surface area (Å²) in [4.78, 5) is 0. The number of rotatable bonds is 27. The maximum Gasteiger partial charge on any atom is 0.513 e. The Labute approximate surface area is 357 Å². The molecular weight excluding hydrogens is 878 g/mol. The molecule has 14 heteroatoms. The quantitative estimate of drug-likeness (QED) is 0.0528. The maximum atomic E-state index is 13.7. The molecule has 0 aliphatic carbocycles. The first-order valence-electron chi connectivity index (χ1n) is 19.3. The molecule has 4 rings (SSSR count). The molecule has 56 heavy (non-hydrogen) atoms. The molecule has 0 spiro atoms. The minimum Gasteiger partial charge on any atom is -1.00 e. The number of likely N-dealkylation sites (N-methyl/N-ethyl adjacent to an activating group) is 2. The fourth-order valence-corrected chi connectivity index (χ4v) is 8.67. The highest BCUT2D eigenvalue weighted by atomic mass is 79.9. The molecule has 10 nitrogen and oxygen atoms in total. The van der Waals surface area contributed by atoms with Gasteiger partial charge in [0, 0.05) is 0 Å². The predicted octanol–water partition coefficient (Wildman–Crippen LogP) is 3.98. The number of halogens is 2. The summed E-state index contributed by atoms with van der Waals surface area (Å²) in [5.74, 6) is 2.00. The summed E-state index contributed by atoms with van der Waals surface area (Å²) in [6, 6.07) is 36.6. The van der Waals surface area contributed by atoms with Gasteiger partial charge in [0.15, 0.2) is 0 Å². The average molecular weight is 941 g/mol. The summed E-state index contributed by atoms with van der Waals surface area (Å²) >= 11 is 0. The molecule has 0 saturated carbocycles. The Morgan fingerprint density at radius 3 is 0.875 bits per heavy atom. The first-order valence-corrected chi connectivity index (χ1v) is 22.3. The van der Waals surface area contributed by atoms with Gasteiger partial charge in [0.1, 0.15) is 23.0 Å². The molecule has 0 atom stereocenters. The van der Waals surface area contributed by atoms with Crippen molar-refractivity contribution in [2.75, 3.05) is 67.5 Å². The van der Waals surface area contributed by atoms with Crippen molar-refractivity contribution in [1.82, 2.24) is 10.2 Å². The molecule has 0 amide bonds. The standard InChI is InChI=1S/C42H62N4O6P2.2BrH/c1-45(2,37-33-43-53(47,49-39-25-15-11-16-26-39)50-40-27-17-12-18-28-40)35-23-9-7-5-6-8-10-24-36-46(3,4)38-34-44-54(48,51-41-29-19-13-20-30-41)52-42-31-21-14-22-32-42;;/h11-22,25-32H,5-10,23-24,33-38H2,1-4H3,(H,43,47)(H,44,48);2*1H/q+2;;/p-2. The third-order valence-corrected chi connectivity index (χ3v) is 12.2. The van der Waals surface area contributed by atoms with E-state index in [9.17, 15) is 9.13 Å². The number of quaternary nitrogens is 2. The maximum absolute atomic E-state index is 13.7. The lowest BCUT2D eigenvalue weighted by Crippen LogP contribution is -3.00. The van der Waals surface area contributed by atoms with E-state index in [0.29, 0.717) is 36.1 Å². The van der Waals surface area contributed by atoms with Crippen LogP contribution in [0.4, 0.5) is 0 Å². The number of hydrogen-bond donors (Lipinski definition) is 2. The molecule has 0 heterocycles. The zero-order chi connectivity index (χ0) is 38.6. The fourth-order valence-electron chi connectivity index (χ4n) is 5.99. The van der Waals surface area contributed by atoms with Crippen molar-refractivity contribution < 1.29 is 70.2 Å². The Balaban J connectivity index is 0.00000541. The van der Waals surface area contributed by atoms with Gasteiger partial charge in [-0.25, -0.2) is 9.13 Å². The number of hydrogen-bond acceptors (Lipinski definition) is 6. The van der Waals surface area contributed by atoms with Crippen molar-refractivity contribution in [2.24, 2.45) is 0 Å². The first kappa shape index (κ1) is 49.5. The number of para-hydroxylation sites is 4. The van der Waals surface area contributed by atoms with Gasteiger partial charge in [-0.2, -0.15) is 10.2 Å². The molecule has 4 aromatic rings. The van der Waals surface area contributed by atoms with Crippen molar-refractivity contribution in [3.63, 3.8) is 0 Å². The number of unbranched alkanes of at least 4 members (excludes halogenated alkanes) is 7. The molecular formula is C42H62Br2N4O6P2. The summed E-state index contributed by atoms with van der Waals surface area (Å²) in [7, 11) is 1.61. The van der Waals surface area contributed by atoms with Crippen molar-refractivity contribution in [2.45, 2.75) is 51.4 Å². The van der Waals surface area contributed by atoms with Gasteiger partial charge in [0.25, 0.3) is 0 Å². The van der Waals surface area contributed by atoms with Crippen LogP contribution in [0.25, 0.3) is 0 Å². The van der Waals surface area contributed by atoms with Crippen LogP contribution >= 0.6 is 15.5 Å². The molecule has 0 fully saturated rings. The molecule has 2 N–H and O–H groups in total. The fraction of sp³-hybridized carbons (Fsp3) is 0.429. The highest BCUT2D eigenvalue weighted by Gasteiger charge is 2.31. The van der Waals surface area contributed by atoms with Crippen LogP contribution in [0.2, 0.25) is 0 Å². The van der Waals surface area contributed by atoms with Crippen molar-refractivity contribution in [3.05, 3.63) is 121 Å². The molecule has 0 aliphatic rings. The Hall–Kier alpha value is -2.66. The second-order valence-corrected chi connectivity index (χ2v) is 18.4. The summed E-state index contributed by atoms with van der Waals surface area (Å²) in [5, 5.41) is 6.19. The van der Waals surface area contributed by atoms with Crippen molar-refractivity contribution in [1.29, 1.82) is 0 Å². The summed E-state index contributed by atoms with van der Waals surface area (Å²) in [6.07, 6.45) is 9.74. The van der Waals surface area contributed by atoms with Crippen LogP contribution in [0.5, 0.6) is 23.0 Å². The molecule has 0 bridgehead atoms. The summed E-state index contributed by atoms with van der Waals surface area (Å²) < 4.78 is 52.5. The van der Waals surface area contributed by atoms with Crippen LogP contribution in [0.15, 0.2) is 121 Å². The zero-order valence-electron chi connectivity index (χ0n) is 33.4. The van der Waals surface area contributed by atoms with Crippen LogP contribution in [-0.2, 0) is 9.13 Å². The lowest BCUT2D eigenvalue weighted by molar-refractivity contribution is -0.889. The van der Waals surface area contributed by atoms with Crippen LogP contribution < -0.4 is 62.2 Å². The normalized spacial score (nSPS) is 11.9. The van der Waals surface area contributed by atoms with Gasteiger partial charge >= 0.3 is 15.5 Å². The largest absolute Gasteiger partial charge is 1.00 e. The zero-order valence-corrected chi connectivity index (χ0v) is 38.4. The van der Waals surface area contributed by atoms with E-state index < -0.39 is 15.5 Å². The lowest BCUT2D eigenvalue weighted by Gasteiger charge is -2.30. The van der Waals surface area contributed by atoms with Gasteiger partial charge in [-0.15, -0.1) is 0 Å². The number of nitrogens with one attached hydrogen (secondary N) is 2. The molecule has 0 aromatic heterocycles. The summed E-state index contributed by atoms with van der Waals surface area (Å²) in [5.41, 5.74) is 0. The minimum absolute atomic E-state index is 0. The number of nitrogens with zero attached hydrogens (tertiary/aromatic N) is 2. The van der Waals surface area contributed by atoms with Gasteiger partial charge in [0.2, 0.25) is 0 Å². The van der Waals surface area contributed by atoms with E-state index in [1.54, 1.807) is 48.5 Å². The average Bonchev–Trinajstić information content (AvgIpc) is 3.13. The lowest BCUT2D eigenvalue weighted by atomic mass is 10.1. The molecule has 0 aliphatic heterocycles. The smallest absolute Gasteiger partial charge is 0.513 e. The predicted molar refractivity (Wildman–Crippen MR) is 220 cm³/mol. The van der Waals surface area contributed by atoms with E-state index in [2.05, 4.69) is 38.4 Å². The van der Waals surface area contributed by atoms with Gasteiger partial charge in [0.05, 0.1) is 67.5 Å².